The quantitative estimate of drug-likeness (QED) is 0.714. The standard InChI is InChI=1S/C12H16BN3O2/c1-7-5-8(2)10(9(3)6-7)13-15-11(17)14-12(18)16(13)4/h5-6H,1-4H3,(H2,14,15,17,18). The maximum absolute atomic E-state index is 11.6. The number of nitrogens with zero attached hydrogens (tertiary/aromatic N) is 1. The van der Waals surface area contributed by atoms with Gasteiger partial charge in [-0.15, -0.1) is 0 Å². The van der Waals surface area contributed by atoms with Gasteiger partial charge in [0.05, 0.1) is 0 Å². The first-order valence-electron chi connectivity index (χ1n) is 5.82. The Balaban J connectivity index is 2.47. The zero-order valence-corrected chi connectivity index (χ0v) is 11.0. The van der Waals surface area contributed by atoms with Crippen LogP contribution in [0.15, 0.2) is 12.1 Å². The van der Waals surface area contributed by atoms with Crippen molar-refractivity contribution in [2.75, 3.05) is 7.05 Å². The first-order valence-corrected chi connectivity index (χ1v) is 5.82. The average Bonchev–Trinajstić information content (AvgIpc) is 2.23. The van der Waals surface area contributed by atoms with Crippen molar-refractivity contribution in [1.82, 2.24) is 15.4 Å². The van der Waals surface area contributed by atoms with Gasteiger partial charge in [-0.05, 0) is 26.2 Å². The molecule has 94 valence electrons. The van der Waals surface area contributed by atoms with Gasteiger partial charge in [0.2, 0.25) is 0 Å². The summed E-state index contributed by atoms with van der Waals surface area (Å²) in [6.45, 7) is 5.59. The molecule has 1 aliphatic heterocycles. The number of rotatable bonds is 1. The molecular weight excluding hydrogens is 229 g/mol. The van der Waals surface area contributed by atoms with Crippen molar-refractivity contribution in [2.24, 2.45) is 0 Å². The van der Waals surface area contributed by atoms with E-state index in [4.69, 9.17) is 0 Å². The van der Waals surface area contributed by atoms with Crippen LogP contribution < -0.4 is 16.0 Å². The molecule has 0 unspecified atom stereocenters. The second kappa shape index (κ2) is 4.36. The maximum Gasteiger partial charge on any atom is 0.416 e. The summed E-state index contributed by atoms with van der Waals surface area (Å²) in [7, 11) is 1.66. The number of hydrogen-bond acceptors (Lipinski definition) is 2. The molecule has 1 heterocycles. The van der Waals surface area contributed by atoms with Gasteiger partial charge < -0.3 is 10.0 Å². The molecule has 5 nitrogen and oxygen atoms in total. The molecule has 0 saturated carbocycles. The molecule has 2 N–H and O–H groups in total. The van der Waals surface area contributed by atoms with Crippen molar-refractivity contribution < 1.29 is 9.59 Å². The van der Waals surface area contributed by atoms with Crippen LogP contribution in [0, 0.1) is 20.8 Å². The maximum atomic E-state index is 11.6. The van der Waals surface area contributed by atoms with E-state index >= 15 is 0 Å². The van der Waals surface area contributed by atoms with Crippen LogP contribution in [-0.4, -0.2) is 30.9 Å². The number of aryl methyl sites for hydroxylation is 3. The van der Waals surface area contributed by atoms with E-state index in [1.54, 1.807) is 7.05 Å². The molecule has 1 aromatic rings. The molecule has 6 heteroatoms. The van der Waals surface area contributed by atoms with Crippen LogP contribution in [0.4, 0.5) is 9.59 Å². The van der Waals surface area contributed by atoms with Crippen LogP contribution in [0.3, 0.4) is 0 Å². The molecule has 0 bridgehead atoms. The van der Waals surface area contributed by atoms with Crippen molar-refractivity contribution in [1.29, 1.82) is 0 Å². The Hall–Kier alpha value is -1.98. The Morgan fingerprint density at radius 1 is 1.11 bits per heavy atom. The van der Waals surface area contributed by atoms with Gasteiger partial charge >= 0.3 is 19.0 Å². The van der Waals surface area contributed by atoms with Gasteiger partial charge in [-0.25, -0.2) is 9.59 Å². The predicted octanol–water partition coefficient (Wildman–Crippen LogP) is 0.672. The molecular formula is C12H16BN3O2. The molecule has 0 aromatic heterocycles. The Bertz CT molecular complexity index is 507. The van der Waals surface area contributed by atoms with Crippen molar-refractivity contribution in [3.8, 4) is 0 Å². The molecule has 4 amide bonds. The van der Waals surface area contributed by atoms with E-state index in [9.17, 15) is 9.59 Å². The number of hydrogen-bond donors (Lipinski definition) is 2. The number of carbonyl (C=O) groups is 2. The Labute approximate surface area is 107 Å². The lowest BCUT2D eigenvalue weighted by molar-refractivity contribution is 0.215. The molecule has 18 heavy (non-hydrogen) atoms. The SMILES string of the molecule is Cc1cc(C)c(B2NC(=O)NC(=O)N2C)c(C)c1. The largest absolute Gasteiger partial charge is 0.416 e. The minimum absolute atomic E-state index is 0.386. The van der Waals surface area contributed by atoms with E-state index in [0.29, 0.717) is 0 Å². The number of urea groups is 2. The third-order valence-electron chi connectivity index (χ3n) is 3.21. The van der Waals surface area contributed by atoms with Crippen LogP contribution in [0.2, 0.25) is 0 Å². The third kappa shape index (κ3) is 2.06. The average molecular weight is 245 g/mol. The minimum atomic E-state index is -0.456. The number of nitrogens with one attached hydrogen (secondary N) is 2. The van der Waals surface area contributed by atoms with E-state index in [-0.39, 0.29) is 6.03 Å². The normalized spacial score (nSPS) is 15.6. The summed E-state index contributed by atoms with van der Waals surface area (Å²) in [4.78, 5) is 24.5. The van der Waals surface area contributed by atoms with E-state index < -0.39 is 13.0 Å². The van der Waals surface area contributed by atoms with Crippen molar-refractivity contribution in [3.63, 3.8) is 0 Å². The number of imide groups is 1. The monoisotopic (exact) mass is 245 g/mol. The van der Waals surface area contributed by atoms with E-state index in [1.807, 2.05) is 20.8 Å². The highest BCUT2D eigenvalue weighted by Gasteiger charge is 2.36. The zero-order chi connectivity index (χ0) is 13.4. The van der Waals surface area contributed by atoms with Gasteiger partial charge in [0.25, 0.3) is 0 Å². The van der Waals surface area contributed by atoms with Crippen molar-refractivity contribution in [3.05, 3.63) is 28.8 Å². The molecule has 1 saturated heterocycles. The van der Waals surface area contributed by atoms with E-state index in [2.05, 4.69) is 22.7 Å². The fourth-order valence-electron chi connectivity index (χ4n) is 2.45. The highest BCUT2D eigenvalue weighted by molar-refractivity contribution is 6.74. The fourth-order valence-corrected chi connectivity index (χ4v) is 2.45. The topological polar surface area (TPSA) is 61.4 Å². The summed E-state index contributed by atoms with van der Waals surface area (Å²) < 4.78 is 0. The molecule has 2 rings (SSSR count). The van der Waals surface area contributed by atoms with Gasteiger partial charge in [0, 0.05) is 7.05 Å². The summed E-state index contributed by atoms with van der Waals surface area (Å²) in [6.07, 6.45) is 0. The molecule has 1 aromatic carbocycles. The highest BCUT2D eigenvalue weighted by atomic mass is 16.2. The molecule has 0 radical (unpaired) electrons. The number of amides is 4. The lowest BCUT2D eigenvalue weighted by Gasteiger charge is -2.32. The smallest absolute Gasteiger partial charge is 0.357 e. The second-order valence-electron chi connectivity index (χ2n) is 4.73. The van der Waals surface area contributed by atoms with Crippen LogP contribution in [-0.2, 0) is 0 Å². The van der Waals surface area contributed by atoms with Gasteiger partial charge in [0.1, 0.15) is 0 Å². The zero-order valence-electron chi connectivity index (χ0n) is 11.0. The summed E-state index contributed by atoms with van der Waals surface area (Å²) in [5.74, 6) is 0. The highest BCUT2D eigenvalue weighted by Crippen LogP contribution is 2.09. The lowest BCUT2D eigenvalue weighted by atomic mass is 9.62. The van der Waals surface area contributed by atoms with Gasteiger partial charge in [-0.3, -0.25) is 5.32 Å². The third-order valence-corrected chi connectivity index (χ3v) is 3.21. The summed E-state index contributed by atoms with van der Waals surface area (Å²) >= 11 is 0. The molecule has 0 aliphatic carbocycles. The van der Waals surface area contributed by atoms with Crippen molar-refractivity contribution >= 4 is 24.5 Å². The predicted molar refractivity (Wildman–Crippen MR) is 70.9 cm³/mol. The molecule has 0 atom stereocenters. The second-order valence-corrected chi connectivity index (χ2v) is 4.73. The van der Waals surface area contributed by atoms with Crippen LogP contribution in [0.1, 0.15) is 16.7 Å². The minimum Gasteiger partial charge on any atom is -0.357 e. The van der Waals surface area contributed by atoms with Crippen molar-refractivity contribution in [2.45, 2.75) is 20.8 Å². The Morgan fingerprint density at radius 2 is 1.67 bits per heavy atom. The van der Waals surface area contributed by atoms with Crippen LogP contribution >= 0.6 is 0 Å². The van der Waals surface area contributed by atoms with E-state index in [1.165, 1.54) is 10.4 Å². The van der Waals surface area contributed by atoms with Gasteiger partial charge in [0.15, 0.2) is 0 Å². The van der Waals surface area contributed by atoms with Crippen LogP contribution in [0.5, 0.6) is 0 Å². The van der Waals surface area contributed by atoms with Crippen LogP contribution in [0.25, 0.3) is 0 Å². The van der Waals surface area contributed by atoms with Gasteiger partial charge in [-0.2, -0.15) is 0 Å². The summed E-state index contributed by atoms with van der Waals surface area (Å²) in [6, 6.07) is 3.26. The summed E-state index contributed by atoms with van der Waals surface area (Å²) in [5, 5.41) is 4.99. The lowest BCUT2D eigenvalue weighted by Crippen LogP contribution is -2.70. The van der Waals surface area contributed by atoms with E-state index in [0.717, 1.165) is 16.6 Å². The molecule has 0 spiro atoms. The first kappa shape index (κ1) is 12.5. The Kier molecular flexibility index (Phi) is 3.03. The summed E-state index contributed by atoms with van der Waals surface area (Å²) in [5.41, 5.74) is 4.29. The molecule has 1 fully saturated rings. The first-order chi connectivity index (χ1) is 8.40. The fraction of sp³-hybridized carbons (Fsp3) is 0.333. The Morgan fingerprint density at radius 3 is 2.22 bits per heavy atom. The number of benzene rings is 1. The number of carbonyl (C=O) groups excluding carboxylic acids is 2. The molecule has 1 aliphatic rings. The van der Waals surface area contributed by atoms with Gasteiger partial charge in [-0.1, -0.05) is 28.8 Å².